The van der Waals surface area contributed by atoms with E-state index in [1.807, 2.05) is 6.92 Å². The summed E-state index contributed by atoms with van der Waals surface area (Å²) in [5.74, 6) is -1.96. The highest BCUT2D eigenvalue weighted by Gasteiger charge is 2.31. The van der Waals surface area contributed by atoms with Crippen molar-refractivity contribution < 1.29 is 22.0 Å². The van der Waals surface area contributed by atoms with Gasteiger partial charge in [0.05, 0.1) is 27.7 Å². The summed E-state index contributed by atoms with van der Waals surface area (Å²) in [6, 6.07) is 5.76. The molecular formula is C27H25F2N7O4S. The molecule has 0 aliphatic carbocycles. The summed E-state index contributed by atoms with van der Waals surface area (Å²) >= 11 is 0. The molecule has 0 unspecified atom stereocenters. The molecule has 1 aromatic carbocycles. The molecule has 0 bridgehead atoms. The van der Waals surface area contributed by atoms with Gasteiger partial charge in [0, 0.05) is 43.8 Å². The van der Waals surface area contributed by atoms with Crippen molar-refractivity contribution >= 4 is 38.3 Å². The van der Waals surface area contributed by atoms with Crippen molar-refractivity contribution in [3.8, 4) is 16.9 Å². The van der Waals surface area contributed by atoms with Crippen molar-refractivity contribution in [1.82, 2.24) is 24.4 Å². The van der Waals surface area contributed by atoms with Crippen molar-refractivity contribution in [1.29, 1.82) is 0 Å². The van der Waals surface area contributed by atoms with Gasteiger partial charge in [-0.25, -0.2) is 31.5 Å². The van der Waals surface area contributed by atoms with E-state index in [0.29, 0.717) is 0 Å². The standard InChI is InChI=1S/C27H25F2N7O4S/c1-4-22(37)34-10-11-35(15(2)14-34)25-16-12-18(29)24(23-17(28)6-5-7-19(23)30)32-26(16)36(27(38)33-25)20-13-31-9-8-21(20)41(3,39)40/h4-9,12-13,15H,1,10-11,14,30H2,2-3H3/t15-/m0/s1. The number of amides is 1. The Bertz CT molecular complexity index is 1870. The van der Waals surface area contributed by atoms with Crippen LogP contribution in [0.25, 0.3) is 28.0 Å². The Morgan fingerprint density at radius 1 is 1.17 bits per heavy atom. The third-order valence-corrected chi connectivity index (χ3v) is 8.02. The molecule has 0 radical (unpaired) electrons. The van der Waals surface area contributed by atoms with Crippen LogP contribution in [0.2, 0.25) is 0 Å². The van der Waals surface area contributed by atoms with Gasteiger partial charge in [-0.15, -0.1) is 0 Å². The third-order valence-electron chi connectivity index (χ3n) is 6.87. The summed E-state index contributed by atoms with van der Waals surface area (Å²) in [5.41, 5.74) is 3.83. The first kappa shape index (κ1) is 27.8. The molecule has 14 heteroatoms. The topological polar surface area (TPSA) is 144 Å². The Labute approximate surface area is 233 Å². The number of benzene rings is 1. The number of hydrogen-bond acceptors (Lipinski definition) is 9. The van der Waals surface area contributed by atoms with E-state index in [1.54, 1.807) is 9.80 Å². The van der Waals surface area contributed by atoms with Crippen LogP contribution in [-0.2, 0) is 14.6 Å². The summed E-state index contributed by atoms with van der Waals surface area (Å²) < 4.78 is 56.8. The zero-order valence-electron chi connectivity index (χ0n) is 22.1. The number of pyridine rings is 2. The Morgan fingerprint density at radius 3 is 2.59 bits per heavy atom. The number of anilines is 2. The fourth-order valence-corrected chi connectivity index (χ4v) is 5.80. The lowest BCUT2D eigenvalue weighted by atomic mass is 10.1. The van der Waals surface area contributed by atoms with Gasteiger partial charge >= 0.3 is 5.69 Å². The van der Waals surface area contributed by atoms with Crippen molar-refractivity contribution in [2.24, 2.45) is 0 Å². The molecule has 0 saturated carbocycles. The number of aromatic nitrogens is 4. The van der Waals surface area contributed by atoms with Gasteiger partial charge in [-0.05, 0) is 37.3 Å². The van der Waals surface area contributed by atoms with E-state index in [1.165, 1.54) is 30.5 Å². The zero-order valence-corrected chi connectivity index (χ0v) is 22.9. The number of rotatable bonds is 5. The van der Waals surface area contributed by atoms with Gasteiger partial charge in [-0.2, -0.15) is 4.98 Å². The Morgan fingerprint density at radius 2 is 1.93 bits per heavy atom. The summed E-state index contributed by atoms with van der Waals surface area (Å²) in [4.78, 5) is 41.5. The molecule has 1 aliphatic heterocycles. The molecule has 3 aromatic heterocycles. The molecule has 4 heterocycles. The van der Waals surface area contributed by atoms with E-state index in [4.69, 9.17) is 5.73 Å². The lowest BCUT2D eigenvalue weighted by Gasteiger charge is -2.40. The Hall–Kier alpha value is -4.72. The van der Waals surface area contributed by atoms with Crippen LogP contribution < -0.4 is 16.3 Å². The smallest absolute Gasteiger partial charge is 0.355 e. The second kappa shape index (κ2) is 10.4. The summed E-state index contributed by atoms with van der Waals surface area (Å²) in [6.07, 6.45) is 4.58. The number of hydrogen-bond donors (Lipinski definition) is 1. The molecule has 1 aliphatic rings. The van der Waals surface area contributed by atoms with Gasteiger partial charge in [0.15, 0.2) is 21.3 Å². The molecule has 212 valence electrons. The first-order chi connectivity index (χ1) is 19.4. The number of carbonyl (C=O) groups is 1. The number of piperazine rings is 1. The number of halogens is 2. The minimum atomic E-state index is -3.87. The molecule has 1 saturated heterocycles. The lowest BCUT2D eigenvalue weighted by Crippen LogP contribution is -2.54. The Kier molecular flexibility index (Phi) is 7.03. The van der Waals surface area contributed by atoms with Gasteiger partial charge < -0.3 is 15.5 Å². The van der Waals surface area contributed by atoms with E-state index in [2.05, 4.69) is 21.5 Å². The lowest BCUT2D eigenvalue weighted by molar-refractivity contribution is -0.126. The molecule has 1 amide bonds. The predicted octanol–water partition coefficient (Wildman–Crippen LogP) is 2.33. The predicted molar refractivity (Wildman–Crippen MR) is 149 cm³/mol. The van der Waals surface area contributed by atoms with Crippen molar-refractivity contribution in [3.63, 3.8) is 0 Å². The number of nitrogens with two attached hydrogens (primary N) is 1. The van der Waals surface area contributed by atoms with E-state index < -0.39 is 32.9 Å². The van der Waals surface area contributed by atoms with E-state index in [0.717, 1.165) is 29.2 Å². The SMILES string of the molecule is C=CC(=O)N1CCN(c2nc(=O)n(-c3cnccc3S(C)(=O)=O)c3nc(-c4c(N)cccc4F)c(F)cc23)[C@@H](C)C1. The van der Waals surface area contributed by atoms with Crippen molar-refractivity contribution in [3.05, 3.63) is 77.5 Å². The summed E-state index contributed by atoms with van der Waals surface area (Å²) in [6.45, 7) is 6.12. The van der Waals surface area contributed by atoms with Gasteiger partial charge in [-0.3, -0.25) is 9.78 Å². The van der Waals surface area contributed by atoms with Crippen LogP contribution in [0.5, 0.6) is 0 Å². The molecule has 0 spiro atoms. The fraction of sp³-hybridized carbons (Fsp3) is 0.222. The first-order valence-corrected chi connectivity index (χ1v) is 14.3. The second-order valence-corrected chi connectivity index (χ2v) is 11.6. The number of carbonyl (C=O) groups excluding carboxylic acids is 1. The summed E-state index contributed by atoms with van der Waals surface area (Å²) in [7, 11) is -3.87. The maximum atomic E-state index is 15.7. The number of nitrogen functional groups attached to an aromatic ring is 1. The van der Waals surface area contributed by atoms with E-state index in [-0.39, 0.29) is 70.3 Å². The minimum absolute atomic E-state index is 0.0550. The second-order valence-electron chi connectivity index (χ2n) is 9.59. The highest BCUT2D eigenvalue weighted by molar-refractivity contribution is 7.90. The van der Waals surface area contributed by atoms with Crippen LogP contribution in [0.15, 0.2) is 65.1 Å². The van der Waals surface area contributed by atoms with Crippen LogP contribution in [0, 0.1) is 11.6 Å². The van der Waals surface area contributed by atoms with Crippen LogP contribution in [0.3, 0.4) is 0 Å². The van der Waals surface area contributed by atoms with Gasteiger partial charge in [-0.1, -0.05) is 12.6 Å². The van der Waals surface area contributed by atoms with Crippen LogP contribution in [0.1, 0.15) is 6.92 Å². The normalized spacial score (nSPS) is 15.8. The first-order valence-electron chi connectivity index (χ1n) is 12.4. The average Bonchev–Trinajstić information content (AvgIpc) is 2.92. The highest BCUT2D eigenvalue weighted by Crippen LogP contribution is 2.35. The quantitative estimate of drug-likeness (QED) is 0.277. The average molecular weight is 582 g/mol. The van der Waals surface area contributed by atoms with E-state index >= 15 is 4.39 Å². The van der Waals surface area contributed by atoms with Crippen LogP contribution in [0.4, 0.5) is 20.3 Å². The molecule has 2 N–H and O–H groups in total. The number of nitrogens with zero attached hydrogens (tertiary/aromatic N) is 6. The number of sulfone groups is 1. The molecule has 11 nitrogen and oxygen atoms in total. The van der Waals surface area contributed by atoms with Crippen molar-refractivity contribution in [2.75, 3.05) is 36.5 Å². The number of fused-ring (bicyclic) bond motifs is 1. The fourth-order valence-electron chi connectivity index (χ4n) is 4.96. The third kappa shape index (κ3) is 4.90. The van der Waals surface area contributed by atoms with Crippen LogP contribution in [-0.4, -0.2) is 70.7 Å². The zero-order chi connectivity index (χ0) is 29.6. The van der Waals surface area contributed by atoms with Crippen molar-refractivity contribution in [2.45, 2.75) is 17.9 Å². The highest BCUT2D eigenvalue weighted by atomic mass is 32.2. The van der Waals surface area contributed by atoms with Crippen LogP contribution >= 0.6 is 0 Å². The largest absolute Gasteiger partial charge is 0.398 e. The monoisotopic (exact) mass is 581 g/mol. The maximum Gasteiger partial charge on any atom is 0.355 e. The molecule has 1 atom stereocenters. The molecule has 41 heavy (non-hydrogen) atoms. The van der Waals surface area contributed by atoms with Gasteiger partial charge in [0.2, 0.25) is 5.91 Å². The van der Waals surface area contributed by atoms with E-state index in [9.17, 15) is 22.4 Å². The molecular weight excluding hydrogens is 556 g/mol. The molecule has 1 fully saturated rings. The summed E-state index contributed by atoms with van der Waals surface area (Å²) in [5, 5.41) is 0.0550. The molecule has 4 aromatic rings. The van der Waals surface area contributed by atoms with Gasteiger partial charge in [0.25, 0.3) is 0 Å². The Balaban J connectivity index is 1.83. The molecule has 5 rings (SSSR count). The maximum absolute atomic E-state index is 15.7. The minimum Gasteiger partial charge on any atom is -0.398 e. The van der Waals surface area contributed by atoms with Gasteiger partial charge in [0.1, 0.15) is 17.3 Å².